The number of nitrogens with zero attached hydrogens (tertiary/aromatic N) is 2. The molecule has 2 amide bonds. The van der Waals surface area contributed by atoms with Crippen molar-refractivity contribution >= 4 is 27.5 Å². The maximum atomic E-state index is 13.0. The van der Waals surface area contributed by atoms with E-state index in [2.05, 4.69) is 5.32 Å². The summed E-state index contributed by atoms with van der Waals surface area (Å²) in [4.78, 5) is 27.8. The Morgan fingerprint density at radius 1 is 1.03 bits per heavy atom. The third kappa shape index (κ3) is 5.36. The summed E-state index contributed by atoms with van der Waals surface area (Å²) in [7, 11) is -3.31. The first-order chi connectivity index (χ1) is 13.9. The van der Waals surface area contributed by atoms with Crippen molar-refractivity contribution in [2.75, 3.05) is 37.2 Å². The molecule has 2 saturated heterocycles. The molecule has 0 radical (unpaired) electrons. The van der Waals surface area contributed by atoms with E-state index in [1.807, 2.05) is 4.90 Å². The second kappa shape index (κ2) is 9.71. The second-order valence-electron chi connectivity index (χ2n) is 7.84. The highest BCUT2D eigenvalue weighted by Crippen LogP contribution is 2.24. The summed E-state index contributed by atoms with van der Waals surface area (Å²) in [6.45, 7) is 3.76. The number of piperidine rings is 1. The van der Waals surface area contributed by atoms with Gasteiger partial charge in [0.1, 0.15) is 0 Å². The van der Waals surface area contributed by atoms with Crippen LogP contribution in [0.1, 0.15) is 55.8 Å². The van der Waals surface area contributed by atoms with Crippen LogP contribution in [0.3, 0.4) is 0 Å². The van der Waals surface area contributed by atoms with Gasteiger partial charge >= 0.3 is 0 Å². The molecule has 0 aromatic heterocycles. The van der Waals surface area contributed by atoms with Crippen molar-refractivity contribution in [3.63, 3.8) is 0 Å². The van der Waals surface area contributed by atoms with E-state index < -0.39 is 15.9 Å². The minimum Gasteiger partial charge on any atom is -0.339 e. The SMILES string of the molecule is CCS(=O)(=O)N1CCCC(C(=O)Nc2ccccc2C(=O)N2CCCCCC2)C1. The van der Waals surface area contributed by atoms with Crippen LogP contribution in [0.4, 0.5) is 5.69 Å². The van der Waals surface area contributed by atoms with Crippen LogP contribution in [0, 0.1) is 5.92 Å². The number of rotatable bonds is 5. The molecule has 0 bridgehead atoms. The number of para-hydroxylation sites is 1. The zero-order valence-corrected chi connectivity index (χ0v) is 17.9. The lowest BCUT2D eigenvalue weighted by Gasteiger charge is -2.31. The molecule has 1 aromatic carbocycles. The first kappa shape index (κ1) is 21.8. The smallest absolute Gasteiger partial charge is 0.255 e. The molecule has 0 saturated carbocycles. The molecule has 1 N–H and O–H groups in total. The fraction of sp³-hybridized carbons (Fsp3) is 0.619. The predicted molar refractivity (Wildman–Crippen MR) is 113 cm³/mol. The molecule has 0 spiro atoms. The van der Waals surface area contributed by atoms with Crippen molar-refractivity contribution in [3.05, 3.63) is 29.8 Å². The maximum Gasteiger partial charge on any atom is 0.255 e. The minimum absolute atomic E-state index is 0.0362. The van der Waals surface area contributed by atoms with Crippen LogP contribution in [-0.4, -0.2) is 61.4 Å². The van der Waals surface area contributed by atoms with Crippen LogP contribution in [-0.2, 0) is 14.8 Å². The van der Waals surface area contributed by atoms with Gasteiger partial charge in [0.15, 0.2) is 0 Å². The molecular weight excluding hydrogens is 390 g/mol. The summed E-state index contributed by atoms with van der Waals surface area (Å²) in [6, 6.07) is 7.09. The van der Waals surface area contributed by atoms with E-state index in [4.69, 9.17) is 0 Å². The van der Waals surface area contributed by atoms with Crippen LogP contribution >= 0.6 is 0 Å². The van der Waals surface area contributed by atoms with Crippen LogP contribution in [0.2, 0.25) is 0 Å². The number of benzene rings is 1. The number of carbonyl (C=O) groups is 2. The highest BCUT2D eigenvalue weighted by atomic mass is 32.2. The topological polar surface area (TPSA) is 86.8 Å². The molecule has 29 heavy (non-hydrogen) atoms. The van der Waals surface area contributed by atoms with Crippen molar-refractivity contribution in [1.82, 2.24) is 9.21 Å². The highest BCUT2D eigenvalue weighted by molar-refractivity contribution is 7.89. The number of likely N-dealkylation sites (tertiary alicyclic amines) is 1. The molecule has 8 heteroatoms. The van der Waals surface area contributed by atoms with Crippen molar-refractivity contribution < 1.29 is 18.0 Å². The number of nitrogens with one attached hydrogen (secondary N) is 1. The number of carbonyl (C=O) groups excluding carboxylic acids is 2. The lowest BCUT2D eigenvalue weighted by molar-refractivity contribution is -0.120. The number of anilines is 1. The molecule has 2 fully saturated rings. The Hall–Kier alpha value is -1.93. The van der Waals surface area contributed by atoms with Crippen molar-refractivity contribution in [3.8, 4) is 0 Å². The van der Waals surface area contributed by atoms with Crippen molar-refractivity contribution in [1.29, 1.82) is 0 Å². The zero-order chi connectivity index (χ0) is 20.9. The molecule has 1 atom stereocenters. The van der Waals surface area contributed by atoms with Crippen LogP contribution < -0.4 is 5.32 Å². The predicted octanol–water partition coefficient (Wildman–Crippen LogP) is 2.70. The quantitative estimate of drug-likeness (QED) is 0.792. The van der Waals surface area contributed by atoms with Crippen LogP contribution in [0.5, 0.6) is 0 Å². The van der Waals surface area contributed by atoms with Gasteiger partial charge in [0, 0.05) is 26.2 Å². The molecule has 2 heterocycles. The number of hydrogen-bond acceptors (Lipinski definition) is 4. The number of hydrogen-bond donors (Lipinski definition) is 1. The fourth-order valence-electron chi connectivity index (χ4n) is 4.05. The summed E-state index contributed by atoms with van der Waals surface area (Å²) in [5.74, 6) is -0.653. The Morgan fingerprint density at radius 3 is 2.41 bits per heavy atom. The largest absolute Gasteiger partial charge is 0.339 e. The van der Waals surface area contributed by atoms with Gasteiger partial charge in [0.25, 0.3) is 5.91 Å². The Bertz CT molecular complexity index is 832. The van der Waals surface area contributed by atoms with Gasteiger partial charge in [-0.3, -0.25) is 9.59 Å². The zero-order valence-electron chi connectivity index (χ0n) is 17.1. The van der Waals surface area contributed by atoms with E-state index >= 15 is 0 Å². The lowest BCUT2D eigenvalue weighted by Crippen LogP contribution is -2.44. The molecule has 1 aromatic rings. The average molecular weight is 422 g/mol. The molecule has 3 rings (SSSR count). The van der Waals surface area contributed by atoms with E-state index in [-0.39, 0.29) is 24.1 Å². The van der Waals surface area contributed by atoms with Gasteiger partial charge in [-0.1, -0.05) is 25.0 Å². The average Bonchev–Trinajstić information content (AvgIpc) is 3.03. The molecule has 2 aliphatic heterocycles. The van der Waals surface area contributed by atoms with E-state index in [0.29, 0.717) is 30.6 Å². The third-order valence-electron chi connectivity index (χ3n) is 5.82. The molecule has 1 unspecified atom stereocenters. The summed E-state index contributed by atoms with van der Waals surface area (Å²) in [5.41, 5.74) is 0.999. The van der Waals surface area contributed by atoms with Gasteiger partial charge in [-0.25, -0.2) is 12.7 Å². The normalized spacial score (nSPS) is 21.4. The van der Waals surface area contributed by atoms with Crippen LogP contribution in [0.15, 0.2) is 24.3 Å². The minimum atomic E-state index is -3.31. The standard InChI is InChI=1S/C21H31N3O4S/c1-2-29(27,28)24-15-9-10-17(16-24)20(25)22-19-12-6-5-11-18(19)21(26)23-13-7-3-4-8-14-23/h5-6,11-12,17H,2-4,7-10,13-16H2,1H3,(H,22,25). The van der Waals surface area contributed by atoms with E-state index in [0.717, 1.165) is 38.8 Å². The van der Waals surface area contributed by atoms with Crippen LogP contribution in [0.25, 0.3) is 0 Å². The summed E-state index contributed by atoms with van der Waals surface area (Å²) in [5, 5.41) is 2.90. The van der Waals surface area contributed by atoms with Gasteiger partial charge in [-0.2, -0.15) is 0 Å². The van der Waals surface area contributed by atoms with Gasteiger partial charge in [0.2, 0.25) is 15.9 Å². The lowest BCUT2D eigenvalue weighted by atomic mass is 9.98. The first-order valence-corrected chi connectivity index (χ1v) is 12.2. The molecule has 160 valence electrons. The molecule has 2 aliphatic rings. The van der Waals surface area contributed by atoms with Gasteiger partial charge in [-0.15, -0.1) is 0 Å². The van der Waals surface area contributed by atoms with E-state index in [1.54, 1.807) is 31.2 Å². The Balaban J connectivity index is 1.71. The maximum absolute atomic E-state index is 13.0. The third-order valence-corrected chi connectivity index (χ3v) is 7.67. The van der Waals surface area contributed by atoms with Crippen molar-refractivity contribution in [2.24, 2.45) is 5.92 Å². The Labute approximate surface area is 173 Å². The number of sulfonamides is 1. The summed E-state index contributed by atoms with van der Waals surface area (Å²) < 4.78 is 25.8. The monoisotopic (exact) mass is 421 g/mol. The molecule has 7 nitrogen and oxygen atoms in total. The molecule has 0 aliphatic carbocycles. The van der Waals surface area contributed by atoms with E-state index in [9.17, 15) is 18.0 Å². The summed E-state index contributed by atoms with van der Waals surface area (Å²) >= 11 is 0. The fourth-order valence-corrected chi connectivity index (χ4v) is 5.23. The Morgan fingerprint density at radius 2 is 1.72 bits per heavy atom. The van der Waals surface area contributed by atoms with Gasteiger partial charge in [0.05, 0.1) is 22.9 Å². The van der Waals surface area contributed by atoms with E-state index in [1.165, 1.54) is 4.31 Å². The molecular formula is C21H31N3O4S. The second-order valence-corrected chi connectivity index (χ2v) is 10.1. The summed E-state index contributed by atoms with van der Waals surface area (Å²) in [6.07, 6.45) is 5.59. The van der Waals surface area contributed by atoms with Gasteiger partial charge in [-0.05, 0) is 44.7 Å². The highest BCUT2D eigenvalue weighted by Gasteiger charge is 2.32. The first-order valence-electron chi connectivity index (χ1n) is 10.6. The Kier molecular flexibility index (Phi) is 7.29. The van der Waals surface area contributed by atoms with Crippen molar-refractivity contribution in [2.45, 2.75) is 45.4 Å². The van der Waals surface area contributed by atoms with Gasteiger partial charge < -0.3 is 10.2 Å². The number of amides is 2.